The molecule has 5 rings (SSSR count). The van der Waals surface area contributed by atoms with Crippen LogP contribution in [0.25, 0.3) is 11.1 Å². The van der Waals surface area contributed by atoms with Crippen molar-refractivity contribution in [3.63, 3.8) is 0 Å². The highest BCUT2D eigenvalue weighted by atomic mass is 16.6. The van der Waals surface area contributed by atoms with Crippen LogP contribution in [0, 0.1) is 6.92 Å². The fourth-order valence-electron chi connectivity index (χ4n) is 5.45. The second-order valence-electron chi connectivity index (χ2n) is 11.2. The number of benzene rings is 3. The standard InChI is InChI=1S/C32H37N3O4/c1-21-27(30(36)39-32(2,3)4)18-22(19-29(21)35-16-14-33-15-17-35)34(5)31(37)38-20-28-25-12-8-6-10-23(25)24-11-7-9-13-26(24)28/h6-13,18-19,28,33H,14-17,20H2,1-5H3. The van der Waals surface area contributed by atoms with E-state index < -0.39 is 17.7 Å². The first kappa shape index (κ1) is 26.8. The molecular weight excluding hydrogens is 490 g/mol. The summed E-state index contributed by atoms with van der Waals surface area (Å²) in [6, 6.07) is 20.2. The lowest BCUT2D eigenvalue weighted by Crippen LogP contribution is -2.44. The van der Waals surface area contributed by atoms with Crippen molar-refractivity contribution in [2.75, 3.05) is 49.6 Å². The number of anilines is 2. The highest BCUT2D eigenvalue weighted by Crippen LogP contribution is 2.44. The molecule has 3 aromatic rings. The smallest absolute Gasteiger partial charge is 0.414 e. The van der Waals surface area contributed by atoms with Gasteiger partial charge >= 0.3 is 12.1 Å². The predicted molar refractivity (Wildman–Crippen MR) is 155 cm³/mol. The maximum absolute atomic E-state index is 13.4. The van der Waals surface area contributed by atoms with Crippen molar-refractivity contribution < 1.29 is 19.1 Å². The molecule has 1 amide bonds. The molecule has 0 spiro atoms. The third-order valence-electron chi connectivity index (χ3n) is 7.44. The lowest BCUT2D eigenvalue weighted by Gasteiger charge is -2.32. The molecular formula is C32H37N3O4. The molecule has 1 heterocycles. The van der Waals surface area contributed by atoms with E-state index >= 15 is 0 Å². The van der Waals surface area contributed by atoms with Gasteiger partial charge in [0.1, 0.15) is 12.2 Å². The Kier molecular flexibility index (Phi) is 7.36. The van der Waals surface area contributed by atoms with E-state index in [0.717, 1.165) is 48.6 Å². The van der Waals surface area contributed by atoms with Crippen LogP contribution in [0.1, 0.15) is 53.7 Å². The molecule has 0 radical (unpaired) electrons. The van der Waals surface area contributed by atoms with Crippen LogP contribution in [0.5, 0.6) is 0 Å². The molecule has 0 unspecified atom stereocenters. The molecule has 7 heteroatoms. The molecule has 1 N–H and O–H groups in total. The Morgan fingerprint density at radius 3 is 2.15 bits per heavy atom. The van der Waals surface area contributed by atoms with Crippen LogP contribution in [0.3, 0.4) is 0 Å². The zero-order chi connectivity index (χ0) is 27.7. The van der Waals surface area contributed by atoms with Crippen molar-refractivity contribution >= 4 is 23.4 Å². The predicted octanol–water partition coefficient (Wildman–Crippen LogP) is 5.75. The minimum atomic E-state index is -0.632. The van der Waals surface area contributed by atoms with Crippen LogP contribution < -0.4 is 15.1 Å². The van der Waals surface area contributed by atoms with Gasteiger partial charge < -0.3 is 19.7 Å². The lowest BCUT2D eigenvalue weighted by atomic mass is 9.98. The topological polar surface area (TPSA) is 71.1 Å². The minimum absolute atomic E-state index is 0.0264. The Labute approximate surface area is 230 Å². The Balaban J connectivity index is 1.41. The van der Waals surface area contributed by atoms with Crippen molar-refractivity contribution in [2.24, 2.45) is 0 Å². The van der Waals surface area contributed by atoms with Crippen molar-refractivity contribution in [2.45, 2.75) is 39.2 Å². The zero-order valence-electron chi connectivity index (χ0n) is 23.4. The highest BCUT2D eigenvalue weighted by molar-refractivity contribution is 5.97. The van der Waals surface area contributed by atoms with Crippen LogP contribution in [0.4, 0.5) is 16.2 Å². The molecule has 1 fully saturated rings. The summed E-state index contributed by atoms with van der Waals surface area (Å²) < 4.78 is 11.6. The Bertz CT molecular complexity index is 1340. The van der Waals surface area contributed by atoms with E-state index in [-0.39, 0.29) is 12.5 Å². The number of carbonyl (C=O) groups excluding carboxylic acids is 2. The molecule has 0 bridgehead atoms. The van der Waals surface area contributed by atoms with Crippen molar-refractivity contribution in [3.05, 3.63) is 82.9 Å². The maximum Gasteiger partial charge on any atom is 0.414 e. The second-order valence-corrected chi connectivity index (χ2v) is 11.2. The molecule has 0 saturated carbocycles. The van der Waals surface area contributed by atoms with E-state index in [4.69, 9.17) is 9.47 Å². The molecule has 0 aromatic heterocycles. The van der Waals surface area contributed by atoms with Crippen LogP contribution in [-0.4, -0.2) is 57.5 Å². The first-order chi connectivity index (χ1) is 18.6. The monoisotopic (exact) mass is 527 g/mol. The van der Waals surface area contributed by atoms with Gasteiger partial charge in [0.05, 0.1) is 5.56 Å². The van der Waals surface area contributed by atoms with Gasteiger partial charge in [-0.1, -0.05) is 48.5 Å². The van der Waals surface area contributed by atoms with Crippen molar-refractivity contribution in [3.8, 4) is 11.1 Å². The summed E-state index contributed by atoms with van der Waals surface area (Å²) in [7, 11) is 1.68. The molecule has 39 heavy (non-hydrogen) atoms. The van der Waals surface area contributed by atoms with Crippen LogP contribution in [-0.2, 0) is 9.47 Å². The number of ether oxygens (including phenoxy) is 2. The number of hydrogen-bond acceptors (Lipinski definition) is 6. The van der Waals surface area contributed by atoms with Gasteiger partial charge in [-0.25, -0.2) is 9.59 Å². The first-order valence-electron chi connectivity index (χ1n) is 13.6. The highest BCUT2D eigenvalue weighted by Gasteiger charge is 2.30. The number of fused-ring (bicyclic) bond motifs is 3. The van der Waals surface area contributed by atoms with E-state index in [1.807, 2.05) is 58.0 Å². The molecule has 0 atom stereocenters. The lowest BCUT2D eigenvalue weighted by molar-refractivity contribution is 0.00686. The Hall–Kier alpha value is -3.84. The molecule has 1 aliphatic heterocycles. The van der Waals surface area contributed by atoms with Crippen LogP contribution in [0.2, 0.25) is 0 Å². The normalized spacial score (nSPS) is 14.9. The molecule has 2 aliphatic rings. The fraction of sp³-hybridized carbons (Fsp3) is 0.375. The number of amides is 1. The summed E-state index contributed by atoms with van der Waals surface area (Å²) in [6.45, 7) is 11.1. The number of piperazine rings is 1. The quantitative estimate of drug-likeness (QED) is 0.427. The summed E-state index contributed by atoms with van der Waals surface area (Å²) in [5.41, 5.74) is 6.88. The van der Waals surface area contributed by atoms with Gasteiger partial charge in [-0.15, -0.1) is 0 Å². The number of hydrogen-bond donors (Lipinski definition) is 1. The largest absolute Gasteiger partial charge is 0.456 e. The third-order valence-corrected chi connectivity index (χ3v) is 7.44. The first-order valence-corrected chi connectivity index (χ1v) is 13.6. The maximum atomic E-state index is 13.4. The summed E-state index contributed by atoms with van der Waals surface area (Å²) in [5.74, 6) is -0.430. The number of nitrogens with zero attached hydrogens (tertiary/aromatic N) is 2. The second kappa shape index (κ2) is 10.7. The van der Waals surface area contributed by atoms with Gasteiger partial charge in [0, 0.05) is 50.5 Å². The summed E-state index contributed by atoms with van der Waals surface area (Å²) in [6.07, 6.45) is -0.470. The number of nitrogens with one attached hydrogen (secondary N) is 1. The van der Waals surface area contributed by atoms with E-state index in [0.29, 0.717) is 11.3 Å². The minimum Gasteiger partial charge on any atom is -0.456 e. The zero-order valence-corrected chi connectivity index (χ0v) is 23.4. The SMILES string of the molecule is Cc1c(C(=O)OC(C)(C)C)cc(N(C)C(=O)OCC2c3ccccc3-c3ccccc32)cc1N1CCNCC1. The van der Waals surface area contributed by atoms with Gasteiger partial charge in [0.2, 0.25) is 0 Å². The van der Waals surface area contributed by atoms with Crippen LogP contribution in [0.15, 0.2) is 60.7 Å². The van der Waals surface area contributed by atoms with E-state index in [9.17, 15) is 9.59 Å². The third kappa shape index (κ3) is 5.50. The molecule has 3 aromatic carbocycles. The number of rotatable bonds is 5. The Morgan fingerprint density at radius 1 is 0.974 bits per heavy atom. The van der Waals surface area contributed by atoms with Crippen molar-refractivity contribution in [1.29, 1.82) is 0 Å². The average Bonchev–Trinajstić information content (AvgIpc) is 3.24. The molecule has 204 valence electrons. The average molecular weight is 528 g/mol. The van der Waals surface area contributed by atoms with E-state index in [1.165, 1.54) is 16.0 Å². The van der Waals surface area contributed by atoms with E-state index in [2.05, 4.69) is 34.5 Å². The van der Waals surface area contributed by atoms with Gasteiger partial charge in [-0.3, -0.25) is 4.90 Å². The molecule has 7 nitrogen and oxygen atoms in total. The van der Waals surface area contributed by atoms with Gasteiger partial charge in [-0.05, 0) is 67.6 Å². The summed E-state index contributed by atoms with van der Waals surface area (Å²) in [4.78, 5) is 30.3. The summed E-state index contributed by atoms with van der Waals surface area (Å²) in [5, 5.41) is 3.37. The van der Waals surface area contributed by atoms with Gasteiger partial charge in [0.15, 0.2) is 0 Å². The fourth-order valence-corrected chi connectivity index (χ4v) is 5.45. The molecule has 1 aliphatic carbocycles. The number of esters is 1. The Morgan fingerprint density at radius 2 is 1.56 bits per heavy atom. The van der Waals surface area contributed by atoms with Gasteiger partial charge in [0.25, 0.3) is 0 Å². The van der Waals surface area contributed by atoms with Crippen LogP contribution >= 0.6 is 0 Å². The number of carbonyl (C=O) groups is 2. The summed E-state index contributed by atoms with van der Waals surface area (Å²) >= 11 is 0. The molecule has 1 saturated heterocycles. The van der Waals surface area contributed by atoms with E-state index in [1.54, 1.807) is 13.1 Å². The van der Waals surface area contributed by atoms with Crippen molar-refractivity contribution in [1.82, 2.24) is 5.32 Å². The van der Waals surface area contributed by atoms with Gasteiger partial charge in [-0.2, -0.15) is 0 Å².